The van der Waals surface area contributed by atoms with Gasteiger partial charge in [0.1, 0.15) is 11.5 Å². The second-order valence-corrected chi connectivity index (χ2v) is 10.9. The molecule has 0 bridgehead atoms. The van der Waals surface area contributed by atoms with Crippen molar-refractivity contribution in [1.82, 2.24) is 15.0 Å². The van der Waals surface area contributed by atoms with Gasteiger partial charge in [-0.25, -0.2) is 18.1 Å². The van der Waals surface area contributed by atoms with Crippen molar-refractivity contribution >= 4 is 33.0 Å². The fourth-order valence-corrected chi connectivity index (χ4v) is 5.30. The molecule has 0 aliphatic heterocycles. The number of sulfonamides is 1. The molecule has 1 fully saturated rings. The Morgan fingerprint density at radius 3 is 2.53 bits per heavy atom. The highest BCUT2D eigenvalue weighted by Crippen LogP contribution is 2.44. The van der Waals surface area contributed by atoms with E-state index in [-0.39, 0.29) is 42.2 Å². The number of ether oxygens (including phenoxy) is 1. The molecule has 9 nitrogen and oxygen atoms in total. The van der Waals surface area contributed by atoms with E-state index in [1.54, 1.807) is 7.05 Å². The molecular weight excluding hydrogens is 482 g/mol. The molecule has 192 valence electrons. The molecule has 0 atom stereocenters. The zero-order valence-corrected chi connectivity index (χ0v) is 21.5. The smallest absolute Gasteiger partial charge is 0.305 e. The molecule has 2 heterocycles. The van der Waals surface area contributed by atoms with E-state index in [0.717, 1.165) is 29.5 Å². The minimum atomic E-state index is -3.67. The van der Waals surface area contributed by atoms with Crippen molar-refractivity contribution in [3.8, 4) is 11.3 Å². The number of amides is 1. The van der Waals surface area contributed by atoms with Crippen LogP contribution >= 0.6 is 0 Å². The molecule has 2 aromatic heterocycles. The van der Waals surface area contributed by atoms with E-state index in [2.05, 4.69) is 19.8 Å². The monoisotopic (exact) mass is 513 g/mol. The highest BCUT2D eigenvalue weighted by atomic mass is 32.2. The average Bonchev–Trinajstić information content (AvgIpc) is 3.63. The van der Waals surface area contributed by atoms with Gasteiger partial charge in [0.25, 0.3) is 5.91 Å². The summed E-state index contributed by atoms with van der Waals surface area (Å²) >= 11 is 0. The SMILES string of the molecule is CNC(=O)c1c(-c2ccc(C)cc2)oc2nc(CS(=O)(=O)NCCCCC(=O)OC)c(C3CC3)cc12. The maximum Gasteiger partial charge on any atom is 0.305 e. The number of carbonyl (C=O) groups is 2. The Morgan fingerprint density at radius 1 is 1.17 bits per heavy atom. The topological polar surface area (TPSA) is 128 Å². The molecule has 0 saturated heterocycles. The van der Waals surface area contributed by atoms with Crippen LogP contribution in [0.3, 0.4) is 0 Å². The summed E-state index contributed by atoms with van der Waals surface area (Å²) < 4.78 is 38.9. The van der Waals surface area contributed by atoms with Crippen LogP contribution < -0.4 is 10.0 Å². The van der Waals surface area contributed by atoms with E-state index in [1.165, 1.54) is 7.11 Å². The van der Waals surface area contributed by atoms with E-state index in [4.69, 9.17) is 4.42 Å². The van der Waals surface area contributed by atoms with Crippen molar-refractivity contribution < 1.29 is 27.2 Å². The standard InChI is InChI=1S/C26H31N3O6S/c1-16-7-9-18(10-8-16)24-23(25(31)27-2)20-14-19(17-11-12-17)21(29-26(20)35-24)15-36(32,33)28-13-5-4-6-22(30)34-3/h7-10,14,17,28H,4-6,11-13,15H2,1-3H3,(H,27,31). The molecular formula is C26H31N3O6S. The fourth-order valence-electron chi connectivity index (χ4n) is 4.15. The lowest BCUT2D eigenvalue weighted by atomic mass is 10.0. The van der Waals surface area contributed by atoms with Gasteiger partial charge in [0.15, 0.2) is 0 Å². The van der Waals surface area contributed by atoms with Gasteiger partial charge < -0.3 is 14.5 Å². The number of nitrogens with one attached hydrogen (secondary N) is 2. The first-order valence-corrected chi connectivity index (χ1v) is 13.7. The summed E-state index contributed by atoms with van der Waals surface area (Å²) in [6.45, 7) is 2.20. The summed E-state index contributed by atoms with van der Waals surface area (Å²) in [6, 6.07) is 9.52. The lowest BCUT2D eigenvalue weighted by Gasteiger charge is -2.10. The number of unbranched alkanes of at least 4 members (excludes halogenated alkanes) is 1. The number of furan rings is 1. The third-order valence-corrected chi connectivity index (χ3v) is 7.56. The molecule has 10 heteroatoms. The summed E-state index contributed by atoms with van der Waals surface area (Å²) in [4.78, 5) is 28.7. The van der Waals surface area contributed by atoms with E-state index in [0.29, 0.717) is 35.2 Å². The minimum absolute atomic E-state index is 0.211. The van der Waals surface area contributed by atoms with Crippen molar-refractivity contribution in [1.29, 1.82) is 0 Å². The molecule has 0 spiro atoms. The highest BCUT2D eigenvalue weighted by Gasteiger charge is 2.31. The number of fused-ring (bicyclic) bond motifs is 1. The molecule has 1 aromatic carbocycles. The average molecular weight is 514 g/mol. The van der Waals surface area contributed by atoms with Crippen LogP contribution in [0.25, 0.3) is 22.4 Å². The van der Waals surface area contributed by atoms with Gasteiger partial charge in [-0.2, -0.15) is 0 Å². The molecule has 0 radical (unpaired) electrons. The fraction of sp³-hybridized carbons (Fsp3) is 0.423. The molecule has 3 aromatic rings. The lowest BCUT2D eigenvalue weighted by molar-refractivity contribution is -0.140. The summed E-state index contributed by atoms with van der Waals surface area (Å²) in [7, 11) is -0.780. The Hall–Kier alpha value is -3.24. The zero-order valence-electron chi connectivity index (χ0n) is 20.7. The maximum absolute atomic E-state index is 12.9. The van der Waals surface area contributed by atoms with Crippen LogP contribution in [0.4, 0.5) is 0 Å². The number of rotatable bonds is 11. The van der Waals surface area contributed by atoms with Gasteiger partial charge in [-0.15, -0.1) is 0 Å². The number of pyridine rings is 1. The summed E-state index contributed by atoms with van der Waals surface area (Å²) in [5.41, 5.74) is 3.71. The number of methoxy groups -OCH3 is 1. The first-order chi connectivity index (χ1) is 17.2. The number of esters is 1. The number of aryl methyl sites for hydroxylation is 1. The molecule has 36 heavy (non-hydrogen) atoms. The molecule has 1 aliphatic carbocycles. The van der Waals surface area contributed by atoms with Crippen LogP contribution in [-0.2, 0) is 25.3 Å². The Morgan fingerprint density at radius 2 is 1.89 bits per heavy atom. The third-order valence-electron chi connectivity index (χ3n) is 6.26. The van der Waals surface area contributed by atoms with Gasteiger partial charge in [-0.3, -0.25) is 9.59 Å². The van der Waals surface area contributed by atoms with Crippen LogP contribution in [0.15, 0.2) is 34.7 Å². The van der Waals surface area contributed by atoms with E-state index < -0.39 is 10.0 Å². The number of carbonyl (C=O) groups excluding carboxylic acids is 2. The molecule has 1 amide bonds. The van der Waals surface area contributed by atoms with Gasteiger partial charge in [0.2, 0.25) is 15.7 Å². The number of aromatic nitrogens is 1. The lowest BCUT2D eigenvalue weighted by Crippen LogP contribution is -2.27. The van der Waals surface area contributed by atoms with Gasteiger partial charge >= 0.3 is 5.97 Å². The second-order valence-electron chi connectivity index (χ2n) is 9.09. The van der Waals surface area contributed by atoms with Crippen LogP contribution in [0, 0.1) is 6.92 Å². The molecule has 4 rings (SSSR count). The predicted octanol–water partition coefficient (Wildman–Crippen LogP) is 3.80. The van der Waals surface area contributed by atoms with E-state index in [9.17, 15) is 18.0 Å². The summed E-state index contributed by atoms with van der Waals surface area (Å²) in [5, 5.41) is 3.25. The van der Waals surface area contributed by atoms with Crippen molar-refractivity contribution in [2.45, 2.75) is 50.7 Å². The van der Waals surface area contributed by atoms with E-state index in [1.807, 2.05) is 37.3 Å². The second kappa shape index (κ2) is 10.8. The normalized spacial score (nSPS) is 13.6. The molecule has 1 saturated carbocycles. The summed E-state index contributed by atoms with van der Waals surface area (Å²) in [5.74, 6) is -0.280. The first kappa shape index (κ1) is 25.8. The first-order valence-electron chi connectivity index (χ1n) is 12.0. The van der Waals surface area contributed by atoms with Crippen LogP contribution in [0.2, 0.25) is 0 Å². The Bertz CT molecular complexity index is 1370. The highest BCUT2D eigenvalue weighted by molar-refractivity contribution is 7.88. The number of hydrogen-bond donors (Lipinski definition) is 2. The van der Waals surface area contributed by atoms with Gasteiger partial charge in [-0.1, -0.05) is 29.8 Å². The maximum atomic E-state index is 12.9. The molecule has 1 aliphatic rings. The Kier molecular flexibility index (Phi) is 7.75. The number of hydrogen-bond acceptors (Lipinski definition) is 7. The zero-order chi connectivity index (χ0) is 25.9. The van der Waals surface area contributed by atoms with Crippen molar-refractivity contribution in [2.24, 2.45) is 0 Å². The van der Waals surface area contributed by atoms with Crippen LogP contribution in [-0.4, -0.2) is 46.0 Å². The number of nitrogens with zero attached hydrogens (tertiary/aromatic N) is 1. The van der Waals surface area contributed by atoms with Crippen molar-refractivity contribution in [3.63, 3.8) is 0 Å². The molecule has 0 unspecified atom stereocenters. The third kappa shape index (κ3) is 5.93. The Labute approximate surface area is 210 Å². The predicted molar refractivity (Wildman–Crippen MR) is 136 cm³/mol. The minimum Gasteiger partial charge on any atom is -0.469 e. The van der Waals surface area contributed by atoms with Crippen molar-refractivity contribution in [2.75, 3.05) is 20.7 Å². The van der Waals surface area contributed by atoms with Gasteiger partial charge in [0.05, 0.1) is 23.8 Å². The Balaban J connectivity index is 1.64. The van der Waals surface area contributed by atoms with Crippen LogP contribution in [0.1, 0.15) is 65.2 Å². The van der Waals surface area contributed by atoms with Crippen LogP contribution in [0.5, 0.6) is 0 Å². The van der Waals surface area contributed by atoms with E-state index >= 15 is 0 Å². The quantitative estimate of drug-likeness (QED) is 0.295. The van der Waals surface area contributed by atoms with Gasteiger partial charge in [0, 0.05) is 25.6 Å². The summed E-state index contributed by atoms with van der Waals surface area (Å²) in [6.07, 6.45) is 3.18. The van der Waals surface area contributed by atoms with Crippen molar-refractivity contribution in [3.05, 3.63) is 52.7 Å². The molecule has 2 N–H and O–H groups in total. The number of benzene rings is 1. The van der Waals surface area contributed by atoms with Gasteiger partial charge in [-0.05, 0) is 50.2 Å². The largest absolute Gasteiger partial charge is 0.469 e.